The number of nitrogens with zero attached hydrogens (tertiary/aromatic N) is 3. The van der Waals surface area contributed by atoms with Crippen molar-refractivity contribution in [1.82, 2.24) is 20.0 Å². The van der Waals surface area contributed by atoms with Crippen molar-refractivity contribution in [3.63, 3.8) is 0 Å². The second-order valence-electron chi connectivity index (χ2n) is 9.63. The Balaban J connectivity index is 1.59. The quantitative estimate of drug-likeness (QED) is 0.478. The van der Waals surface area contributed by atoms with Crippen LogP contribution in [0.2, 0.25) is 0 Å². The van der Waals surface area contributed by atoms with Crippen molar-refractivity contribution >= 4 is 17.9 Å². The molecule has 0 spiro atoms. The van der Waals surface area contributed by atoms with E-state index in [1.54, 1.807) is 62.4 Å². The predicted octanol–water partition coefficient (Wildman–Crippen LogP) is 3.46. The summed E-state index contributed by atoms with van der Waals surface area (Å²) in [5.41, 5.74) is 2.42. The lowest BCUT2D eigenvalue weighted by Gasteiger charge is -2.38. The largest absolute Gasteiger partial charge is 0.497 e. The molecule has 2 heterocycles. The summed E-state index contributed by atoms with van der Waals surface area (Å²) in [5.74, 6) is 0.904. The molecule has 214 valence electrons. The lowest BCUT2D eigenvalue weighted by molar-refractivity contribution is -0.139. The van der Waals surface area contributed by atoms with Gasteiger partial charge in [-0.25, -0.2) is 9.59 Å². The number of amides is 3. The Labute approximate surface area is 235 Å². The fourth-order valence-electron chi connectivity index (χ4n) is 5.16. The van der Waals surface area contributed by atoms with Crippen molar-refractivity contribution < 1.29 is 28.6 Å². The zero-order valence-corrected chi connectivity index (χ0v) is 23.6. The molecule has 10 nitrogen and oxygen atoms in total. The van der Waals surface area contributed by atoms with Crippen molar-refractivity contribution in [3.8, 4) is 11.5 Å². The van der Waals surface area contributed by atoms with Crippen molar-refractivity contribution in [1.29, 1.82) is 0 Å². The molecule has 1 fully saturated rings. The number of methoxy groups -OCH3 is 2. The number of carbonyl (C=O) groups excluding carboxylic acids is 3. The molecule has 0 aromatic heterocycles. The molecule has 1 saturated heterocycles. The van der Waals surface area contributed by atoms with Crippen LogP contribution in [0.5, 0.6) is 11.5 Å². The van der Waals surface area contributed by atoms with Crippen molar-refractivity contribution in [2.24, 2.45) is 0 Å². The molecule has 1 N–H and O–H groups in total. The van der Waals surface area contributed by atoms with Crippen LogP contribution in [0.3, 0.4) is 0 Å². The van der Waals surface area contributed by atoms with Crippen LogP contribution in [0.4, 0.5) is 4.79 Å². The van der Waals surface area contributed by atoms with Gasteiger partial charge in [0, 0.05) is 50.5 Å². The Bertz CT molecular complexity index is 1230. The number of carbonyl (C=O) groups is 3. The van der Waals surface area contributed by atoms with E-state index in [4.69, 9.17) is 14.2 Å². The Morgan fingerprint density at radius 2 is 1.55 bits per heavy atom. The van der Waals surface area contributed by atoms with Crippen molar-refractivity contribution in [2.45, 2.75) is 26.3 Å². The molecule has 0 bridgehead atoms. The zero-order valence-electron chi connectivity index (χ0n) is 23.6. The molecule has 2 aromatic carbocycles. The smallest absolute Gasteiger partial charge is 0.338 e. The highest BCUT2D eigenvalue weighted by molar-refractivity contribution is 5.95. The van der Waals surface area contributed by atoms with Gasteiger partial charge in [0.2, 0.25) is 0 Å². The van der Waals surface area contributed by atoms with Gasteiger partial charge < -0.3 is 24.4 Å². The van der Waals surface area contributed by atoms with Crippen LogP contribution >= 0.6 is 0 Å². The van der Waals surface area contributed by atoms with E-state index in [1.165, 1.54) is 0 Å². The summed E-state index contributed by atoms with van der Waals surface area (Å²) in [6.07, 6.45) is 0.768. The van der Waals surface area contributed by atoms with Gasteiger partial charge in [-0.3, -0.25) is 14.6 Å². The maximum atomic E-state index is 13.4. The summed E-state index contributed by atoms with van der Waals surface area (Å²) in [7, 11) is 3.18. The minimum atomic E-state index is -0.657. The van der Waals surface area contributed by atoms with Crippen LogP contribution in [-0.2, 0) is 9.53 Å². The van der Waals surface area contributed by atoms with Gasteiger partial charge in [-0.1, -0.05) is 12.1 Å². The highest BCUT2D eigenvalue weighted by Gasteiger charge is 2.38. The first-order chi connectivity index (χ1) is 19.4. The van der Waals surface area contributed by atoms with Crippen LogP contribution in [0, 0.1) is 0 Å². The maximum absolute atomic E-state index is 13.4. The molecule has 0 radical (unpaired) electrons. The fourth-order valence-corrected chi connectivity index (χ4v) is 5.16. The second kappa shape index (κ2) is 13.3. The Morgan fingerprint density at radius 3 is 2.15 bits per heavy atom. The number of urea groups is 1. The molecule has 2 aliphatic rings. The van der Waals surface area contributed by atoms with E-state index in [1.807, 2.05) is 24.0 Å². The summed E-state index contributed by atoms with van der Waals surface area (Å²) >= 11 is 0. The van der Waals surface area contributed by atoms with Crippen LogP contribution in [0.15, 0.2) is 59.8 Å². The molecule has 0 saturated carbocycles. The standard InChI is InChI=1S/C30H38N4O6/c1-5-34-25(20-32-16-7-17-33(19-18-32)28(35)22-10-14-24(39-4)15-11-22)26(29(36)40-6-2)27(31-30(34)37)21-8-12-23(38-3)13-9-21/h8-15,27H,5-7,16-20H2,1-4H3,(H,31,37). The van der Waals surface area contributed by atoms with Crippen LogP contribution in [0.1, 0.15) is 42.2 Å². The number of nitrogens with one attached hydrogen (secondary N) is 1. The van der Waals surface area contributed by atoms with Gasteiger partial charge in [-0.05, 0) is 62.2 Å². The first-order valence-electron chi connectivity index (χ1n) is 13.7. The molecule has 0 aliphatic carbocycles. The highest BCUT2D eigenvalue weighted by Crippen LogP contribution is 2.33. The Morgan fingerprint density at radius 1 is 0.900 bits per heavy atom. The number of hydrogen-bond donors (Lipinski definition) is 1. The molecular weight excluding hydrogens is 512 g/mol. The molecule has 40 heavy (non-hydrogen) atoms. The summed E-state index contributed by atoms with van der Waals surface area (Å²) < 4.78 is 16.0. The van der Waals surface area contributed by atoms with E-state index in [2.05, 4.69) is 10.2 Å². The molecule has 2 aromatic rings. The van der Waals surface area contributed by atoms with Crippen LogP contribution in [-0.4, -0.2) is 92.7 Å². The predicted molar refractivity (Wildman–Crippen MR) is 150 cm³/mol. The first-order valence-corrected chi connectivity index (χ1v) is 13.7. The topological polar surface area (TPSA) is 101 Å². The molecule has 1 unspecified atom stereocenters. The van der Waals surface area contributed by atoms with Crippen molar-refractivity contribution in [3.05, 3.63) is 70.9 Å². The van der Waals surface area contributed by atoms with Gasteiger partial charge in [-0.2, -0.15) is 0 Å². The summed E-state index contributed by atoms with van der Waals surface area (Å²) in [4.78, 5) is 45.5. The van der Waals surface area contributed by atoms with E-state index in [-0.39, 0.29) is 18.5 Å². The SMILES string of the molecule is CCOC(=O)C1=C(CN2CCCN(C(=O)c3ccc(OC)cc3)CC2)N(CC)C(=O)NC1c1ccc(OC)cc1. The molecule has 4 rings (SSSR count). The van der Waals surface area contributed by atoms with Crippen LogP contribution < -0.4 is 14.8 Å². The van der Waals surface area contributed by atoms with Gasteiger partial charge in [0.15, 0.2) is 0 Å². The third kappa shape index (κ3) is 6.39. The molecule has 10 heteroatoms. The third-order valence-corrected chi connectivity index (χ3v) is 7.29. The Hall–Kier alpha value is -4.05. The number of ether oxygens (including phenoxy) is 3. The highest BCUT2D eigenvalue weighted by atomic mass is 16.5. The third-order valence-electron chi connectivity index (χ3n) is 7.29. The number of benzene rings is 2. The minimum Gasteiger partial charge on any atom is -0.497 e. The lowest BCUT2D eigenvalue weighted by atomic mass is 9.94. The van der Waals surface area contributed by atoms with E-state index < -0.39 is 12.0 Å². The summed E-state index contributed by atoms with van der Waals surface area (Å²) in [5, 5.41) is 3.00. The lowest BCUT2D eigenvalue weighted by Crippen LogP contribution is -2.51. The minimum absolute atomic E-state index is 0.0253. The molecular formula is C30H38N4O6. The van der Waals surface area contributed by atoms with E-state index in [0.717, 1.165) is 18.5 Å². The normalized spacial score (nSPS) is 18.2. The van der Waals surface area contributed by atoms with Crippen molar-refractivity contribution in [2.75, 3.05) is 60.1 Å². The number of rotatable bonds is 9. The monoisotopic (exact) mass is 550 g/mol. The summed E-state index contributed by atoms with van der Waals surface area (Å²) in [6.45, 7) is 7.13. The van der Waals surface area contributed by atoms with E-state index in [9.17, 15) is 14.4 Å². The fraction of sp³-hybridized carbons (Fsp3) is 0.433. The second-order valence-corrected chi connectivity index (χ2v) is 9.63. The molecule has 1 atom stereocenters. The summed E-state index contributed by atoms with van der Waals surface area (Å²) in [6, 6.07) is 13.5. The molecule has 2 aliphatic heterocycles. The maximum Gasteiger partial charge on any atom is 0.338 e. The number of likely N-dealkylation sites (N-methyl/N-ethyl adjacent to an activating group) is 1. The van der Waals surface area contributed by atoms with Crippen LogP contribution in [0.25, 0.3) is 0 Å². The van der Waals surface area contributed by atoms with Gasteiger partial charge >= 0.3 is 12.0 Å². The van der Waals surface area contributed by atoms with E-state index >= 15 is 0 Å². The first kappa shape index (κ1) is 28.9. The molecule has 3 amide bonds. The number of hydrogen-bond acceptors (Lipinski definition) is 7. The van der Waals surface area contributed by atoms with Gasteiger partial charge in [0.05, 0.1) is 32.4 Å². The Kier molecular flexibility index (Phi) is 9.65. The van der Waals surface area contributed by atoms with Gasteiger partial charge in [0.1, 0.15) is 11.5 Å². The number of esters is 1. The average molecular weight is 551 g/mol. The zero-order chi connectivity index (χ0) is 28.6. The van der Waals surface area contributed by atoms with Gasteiger partial charge in [-0.15, -0.1) is 0 Å². The van der Waals surface area contributed by atoms with Gasteiger partial charge in [0.25, 0.3) is 5.91 Å². The average Bonchev–Trinajstić information content (AvgIpc) is 3.22. The van der Waals surface area contributed by atoms with E-state index in [0.29, 0.717) is 61.1 Å².